The van der Waals surface area contributed by atoms with Crippen LogP contribution < -0.4 is 4.90 Å². The van der Waals surface area contributed by atoms with Crippen LogP contribution in [0.3, 0.4) is 0 Å². The number of hydrogen-bond donors (Lipinski definition) is 0. The molecule has 0 spiro atoms. The number of esters is 1. The predicted octanol–water partition coefficient (Wildman–Crippen LogP) is 3.87. The van der Waals surface area contributed by atoms with E-state index in [0.717, 1.165) is 17.7 Å². The molecule has 2 atom stereocenters. The second-order valence-corrected chi connectivity index (χ2v) is 6.44. The van der Waals surface area contributed by atoms with Crippen molar-refractivity contribution in [2.75, 3.05) is 12.0 Å². The lowest BCUT2D eigenvalue weighted by molar-refractivity contribution is -0.142. The molecule has 1 aliphatic heterocycles. The number of nitrogens with zero attached hydrogens (tertiary/aromatic N) is 1. The molecule has 116 valence electrons. The Balaban J connectivity index is 2.57. The maximum Gasteiger partial charge on any atom is 0.328 e. The van der Waals surface area contributed by atoms with Gasteiger partial charge in [0.1, 0.15) is 11.9 Å². The van der Waals surface area contributed by atoms with Gasteiger partial charge in [-0.3, -0.25) is 0 Å². The largest absolute Gasteiger partial charge is 0.467 e. The van der Waals surface area contributed by atoms with Gasteiger partial charge < -0.3 is 9.64 Å². The van der Waals surface area contributed by atoms with Gasteiger partial charge in [0.05, 0.1) is 7.11 Å². The summed E-state index contributed by atoms with van der Waals surface area (Å²) in [7, 11) is 1.41. The zero-order valence-corrected chi connectivity index (χ0v) is 13.4. The molecule has 0 N–H and O–H groups in total. The van der Waals surface area contributed by atoms with Gasteiger partial charge >= 0.3 is 5.97 Å². The third-order valence-corrected chi connectivity index (χ3v) is 4.41. The molecule has 1 aromatic rings. The van der Waals surface area contributed by atoms with Gasteiger partial charge in [0.15, 0.2) is 0 Å². The molecule has 4 heteroatoms. The van der Waals surface area contributed by atoms with Crippen molar-refractivity contribution in [1.29, 1.82) is 0 Å². The zero-order valence-electron chi connectivity index (χ0n) is 13.4. The maximum atomic E-state index is 13.6. The number of carbonyl (C=O) groups is 1. The number of carbonyl (C=O) groups excluding carboxylic acids is 1. The van der Waals surface area contributed by atoms with Crippen molar-refractivity contribution < 1.29 is 13.9 Å². The lowest BCUT2D eigenvalue weighted by Gasteiger charge is -2.50. The molecule has 1 heterocycles. The summed E-state index contributed by atoms with van der Waals surface area (Å²) >= 11 is 0. The third kappa shape index (κ3) is 2.76. The zero-order chi connectivity index (χ0) is 15.8. The van der Waals surface area contributed by atoms with E-state index < -0.39 is 0 Å². The summed E-state index contributed by atoms with van der Waals surface area (Å²) in [5, 5.41) is 0. The molecule has 0 unspecified atom stereocenters. The van der Waals surface area contributed by atoms with Gasteiger partial charge in [0.25, 0.3) is 0 Å². The van der Waals surface area contributed by atoms with Crippen molar-refractivity contribution in [3.8, 4) is 0 Å². The first-order valence-electron chi connectivity index (χ1n) is 7.48. The minimum atomic E-state index is -0.346. The van der Waals surface area contributed by atoms with Crippen molar-refractivity contribution in [3.63, 3.8) is 0 Å². The van der Waals surface area contributed by atoms with Crippen LogP contribution in [0, 0.1) is 5.82 Å². The normalized spacial score (nSPS) is 21.6. The Morgan fingerprint density at radius 2 is 2.19 bits per heavy atom. The predicted molar refractivity (Wildman–Crippen MR) is 82.1 cm³/mol. The Bertz CT molecular complexity index is 542. The summed E-state index contributed by atoms with van der Waals surface area (Å²) in [5.41, 5.74) is 1.73. The molecule has 21 heavy (non-hydrogen) atoms. The molecule has 0 fully saturated rings. The molecule has 2 rings (SSSR count). The van der Waals surface area contributed by atoms with E-state index in [1.54, 1.807) is 12.1 Å². The quantitative estimate of drug-likeness (QED) is 0.792. The highest BCUT2D eigenvalue weighted by molar-refractivity contribution is 5.81. The molecule has 0 aromatic heterocycles. The van der Waals surface area contributed by atoms with Crippen molar-refractivity contribution in [2.45, 2.75) is 58.0 Å². The van der Waals surface area contributed by atoms with E-state index in [-0.39, 0.29) is 29.3 Å². The summed E-state index contributed by atoms with van der Waals surface area (Å²) in [6.07, 6.45) is 1.53. The molecule has 0 bridgehead atoms. The van der Waals surface area contributed by atoms with Crippen molar-refractivity contribution >= 4 is 11.7 Å². The minimum absolute atomic E-state index is 0.181. The monoisotopic (exact) mass is 293 g/mol. The Hall–Kier alpha value is -1.58. The summed E-state index contributed by atoms with van der Waals surface area (Å²) in [5.74, 6) is -0.209. The highest BCUT2D eigenvalue weighted by atomic mass is 19.1. The molecular weight excluding hydrogens is 269 g/mol. The summed E-state index contributed by atoms with van der Waals surface area (Å²) in [6, 6.07) is 4.49. The SMILES string of the molecule is CC[C@@H](C(=O)OC)N1c2ccc(F)cc2[C@@H](C)CC1(C)C. The molecule has 1 aromatic carbocycles. The fourth-order valence-corrected chi connectivity index (χ4v) is 3.60. The Morgan fingerprint density at radius 1 is 1.52 bits per heavy atom. The van der Waals surface area contributed by atoms with E-state index in [4.69, 9.17) is 4.74 Å². The maximum absolute atomic E-state index is 13.6. The van der Waals surface area contributed by atoms with Crippen molar-refractivity contribution in [1.82, 2.24) is 0 Å². The Labute approximate surface area is 126 Å². The second kappa shape index (κ2) is 5.66. The highest BCUT2D eigenvalue weighted by Crippen LogP contribution is 2.45. The van der Waals surface area contributed by atoms with Gasteiger partial charge in [0, 0.05) is 11.2 Å². The van der Waals surface area contributed by atoms with Gasteiger partial charge in [-0.25, -0.2) is 9.18 Å². The standard InChI is InChI=1S/C17H24FNO2/c1-6-14(16(20)21-5)19-15-8-7-12(18)9-13(15)11(2)10-17(19,3)4/h7-9,11,14H,6,10H2,1-5H3/t11-,14-/m0/s1. The first kappa shape index (κ1) is 15.8. The van der Waals surface area contributed by atoms with Crippen LogP contribution >= 0.6 is 0 Å². The van der Waals surface area contributed by atoms with Crippen LogP contribution in [0.1, 0.15) is 52.0 Å². The lowest BCUT2D eigenvalue weighted by Crippen LogP contribution is -2.56. The van der Waals surface area contributed by atoms with Gasteiger partial charge in [-0.1, -0.05) is 13.8 Å². The van der Waals surface area contributed by atoms with Crippen LogP contribution in [0.25, 0.3) is 0 Å². The third-order valence-electron chi connectivity index (χ3n) is 4.41. The summed E-state index contributed by atoms with van der Waals surface area (Å²) in [4.78, 5) is 14.3. The van der Waals surface area contributed by atoms with E-state index >= 15 is 0 Å². The molecule has 0 radical (unpaired) electrons. The number of halogens is 1. The topological polar surface area (TPSA) is 29.5 Å². The number of ether oxygens (including phenoxy) is 1. The average molecular weight is 293 g/mol. The number of hydrogen-bond acceptors (Lipinski definition) is 3. The first-order valence-corrected chi connectivity index (χ1v) is 7.48. The van der Waals surface area contributed by atoms with Crippen LogP contribution in [-0.2, 0) is 9.53 Å². The number of fused-ring (bicyclic) bond motifs is 1. The van der Waals surface area contributed by atoms with Crippen LogP contribution in [0.2, 0.25) is 0 Å². The fraction of sp³-hybridized carbons (Fsp3) is 0.588. The molecule has 0 aliphatic carbocycles. The number of rotatable bonds is 3. The van der Waals surface area contributed by atoms with E-state index in [0.29, 0.717) is 6.42 Å². The Kier molecular flexibility index (Phi) is 4.26. The van der Waals surface area contributed by atoms with Crippen LogP contribution in [-0.4, -0.2) is 24.7 Å². The number of anilines is 1. The van der Waals surface area contributed by atoms with Gasteiger partial charge in [-0.2, -0.15) is 0 Å². The Morgan fingerprint density at radius 3 is 2.76 bits per heavy atom. The van der Waals surface area contributed by atoms with Gasteiger partial charge in [-0.05, 0) is 56.4 Å². The number of benzene rings is 1. The molecule has 3 nitrogen and oxygen atoms in total. The lowest BCUT2D eigenvalue weighted by atomic mass is 9.79. The van der Waals surface area contributed by atoms with Crippen LogP contribution in [0.15, 0.2) is 18.2 Å². The number of methoxy groups -OCH3 is 1. The van der Waals surface area contributed by atoms with Crippen LogP contribution in [0.4, 0.5) is 10.1 Å². The minimum Gasteiger partial charge on any atom is -0.467 e. The fourth-order valence-electron chi connectivity index (χ4n) is 3.60. The first-order chi connectivity index (χ1) is 9.81. The molecule has 1 aliphatic rings. The van der Waals surface area contributed by atoms with E-state index in [1.165, 1.54) is 13.2 Å². The molecule has 0 amide bonds. The molecule has 0 saturated heterocycles. The van der Waals surface area contributed by atoms with E-state index in [1.807, 2.05) is 6.92 Å². The highest BCUT2D eigenvalue weighted by Gasteiger charge is 2.42. The summed E-state index contributed by atoms with van der Waals surface area (Å²) < 4.78 is 18.5. The van der Waals surface area contributed by atoms with Crippen molar-refractivity contribution in [2.24, 2.45) is 0 Å². The van der Waals surface area contributed by atoms with Crippen molar-refractivity contribution in [3.05, 3.63) is 29.6 Å². The smallest absolute Gasteiger partial charge is 0.328 e. The second-order valence-electron chi connectivity index (χ2n) is 6.44. The molecular formula is C17H24FNO2. The van der Waals surface area contributed by atoms with Gasteiger partial charge in [0.2, 0.25) is 0 Å². The van der Waals surface area contributed by atoms with E-state index in [9.17, 15) is 9.18 Å². The van der Waals surface area contributed by atoms with Crippen LogP contribution in [0.5, 0.6) is 0 Å². The average Bonchev–Trinajstić information content (AvgIpc) is 2.42. The molecule has 0 saturated carbocycles. The summed E-state index contributed by atoms with van der Waals surface area (Å²) in [6.45, 7) is 8.33. The van der Waals surface area contributed by atoms with E-state index in [2.05, 4.69) is 25.7 Å². The van der Waals surface area contributed by atoms with Gasteiger partial charge in [-0.15, -0.1) is 0 Å².